The van der Waals surface area contributed by atoms with Crippen molar-refractivity contribution in [1.82, 2.24) is 15.0 Å². The van der Waals surface area contributed by atoms with Crippen molar-refractivity contribution < 1.29 is 33.0 Å². The second-order valence-corrected chi connectivity index (χ2v) is 8.50. The van der Waals surface area contributed by atoms with Gasteiger partial charge in [-0.05, 0) is 25.0 Å². The Morgan fingerprint density at radius 3 is 2.48 bits per heavy atom. The summed E-state index contributed by atoms with van der Waals surface area (Å²) >= 11 is 0. The summed E-state index contributed by atoms with van der Waals surface area (Å²) in [6, 6.07) is 4.85. The van der Waals surface area contributed by atoms with Crippen molar-refractivity contribution >= 4 is 38.8 Å². The highest BCUT2D eigenvalue weighted by Crippen LogP contribution is 2.27. The Labute approximate surface area is 167 Å². The van der Waals surface area contributed by atoms with Crippen LogP contribution >= 0.6 is 0 Å². The van der Waals surface area contributed by atoms with Crippen LogP contribution in [-0.4, -0.2) is 53.3 Å². The fourth-order valence-corrected chi connectivity index (χ4v) is 3.67. The summed E-state index contributed by atoms with van der Waals surface area (Å²) in [6.07, 6.45) is 0.540. The minimum atomic E-state index is -3.66. The molecule has 11 heteroatoms. The van der Waals surface area contributed by atoms with E-state index in [-0.39, 0.29) is 18.6 Å². The Kier molecular flexibility index (Phi) is 7.35. The smallest absolute Gasteiger partial charge is 0.326 e. The molecule has 158 valence electrons. The number of benzene rings is 1. The van der Waals surface area contributed by atoms with E-state index in [2.05, 4.69) is 15.0 Å². The van der Waals surface area contributed by atoms with Crippen molar-refractivity contribution in [1.29, 1.82) is 0 Å². The monoisotopic (exact) mass is 425 g/mol. The van der Waals surface area contributed by atoms with Crippen molar-refractivity contribution in [2.75, 3.05) is 5.75 Å². The molecule has 0 fully saturated rings. The fraction of sp³-hybridized carbons (Fsp3) is 0.389. The summed E-state index contributed by atoms with van der Waals surface area (Å²) in [4.78, 5) is 37.4. The van der Waals surface area contributed by atoms with Gasteiger partial charge >= 0.3 is 11.9 Å². The second-order valence-electron chi connectivity index (χ2n) is 6.46. The van der Waals surface area contributed by atoms with Gasteiger partial charge in [-0.1, -0.05) is 18.2 Å². The number of amides is 1. The first kappa shape index (κ1) is 22.4. The zero-order chi connectivity index (χ0) is 21.6. The van der Waals surface area contributed by atoms with Crippen LogP contribution in [-0.2, 0) is 24.4 Å². The molecule has 0 radical (unpaired) electrons. The first-order valence-corrected chi connectivity index (χ1v) is 10.6. The van der Waals surface area contributed by atoms with Gasteiger partial charge in [0, 0.05) is 29.9 Å². The number of hydrogen-bond donors (Lipinski definition) is 5. The third kappa shape index (κ3) is 6.29. The molecule has 1 amide bonds. The van der Waals surface area contributed by atoms with Crippen LogP contribution < -0.4 is 10.0 Å². The maximum Gasteiger partial charge on any atom is 0.326 e. The Morgan fingerprint density at radius 1 is 1.17 bits per heavy atom. The number of H-pyrrole nitrogens is 1. The average molecular weight is 425 g/mol. The topological polar surface area (TPSA) is 166 Å². The lowest BCUT2D eigenvalue weighted by Gasteiger charge is -2.20. The van der Waals surface area contributed by atoms with Crippen LogP contribution in [0.4, 0.5) is 0 Å². The largest absolute Gasteiger partial charge is 0.481 e. The van der Waals surface area contributed by atoms with Gasteiger partial charge in [-0.25, -0.2) is 17.9 Å². The number of aromatic amines is 1. The van der Waals surface area contributed by atoms with Crippen molar-refractivity contribution in [3.8, 4) is 0 Å². The highest BCUT2D eigenvalue weighted by atomic mass is 32.2. The van der Waals surface area contributed by atoms with Crippen LogP contribution in [0.5, 0.6) is 0 Å². The van der Waals surface area contributed by atoms with Gasteiger partial charge in [-0.3, -0.25) is 9.59 Å². The molecule has 0 aliphatic heterocycles. The molecule has 0 saturated carbocycles. The Bertz CT molecular complexity index is 1000. The van der Waals surface area contributed by atoms with Gasteiger partial charge in [-0.2, -0.15) is 0 Å². The summed E-state index contributed by atoms with van der Waals surface area (Å²) in [5.41, 5.74) is 1.30. The van der Waals surface area contributed by atoms with Crippen LogP contribution in [0.15, 0.2) is 30.5 Å². The first-order valence-electron chi connectivity index (χ1n) is 8.93. The summed E-state index contributed by atoms with van der Waals surface area (Å²) in [5.74, 6) is -3.45. The summed E-state index contributed by atoms with van der Waals surface area (Å²) < 4.78 is 26.7. The lowest BCUT2D eigenvalue weighted by Crippen LogP contribution is -2.43. The highest BCUT2D eigenvalue weighted by molar-refractivity contribution is 7.89. The minimum Gasteiger partial charge on any atom is -0.481 e. The van der Waals surface area contributed by atoms with Crippen LogP contribution in [0.1, 0.15) is 37.8 Å². The van der Waals surface area contributed by atoms with E-state index in [1.165, 1.54) is 6.92 Å². The predicted octanol–water partition coefficient (Wildman–Crippen LogP) is 0.973. The molecule has 29 heavy (non-hydrogen) atoms. The van der Waals surface area contributed by atoms with Gasteiger partial charge in [0.05, 0.1) is 11.8 Å². The van der Waals surface area contributed by atoms with Gasteiger partial charge in [0.25, 0.3) is 0 Å². The van der Waals surface area contributed by atoms with Gasteiger partial charge in [0.15, 0.2) is 0 Å². The lowest BCUT2D eigenvalue weighted by molar-refractivity contribution is -0.143. The number of nitrogens with one attached hydrogen (secondary N) is 3. The maximum absolute atomic E-state index is 12.5. The van der Waals surface area contributed by atoms with Crippen LogP contribution in [0, 0.1) is 0 Å². The van der Waals surface area contributed by atoms with E-state index < -0.39 is 46.4 Å². The number of aliphatic carboxylic acids is 2. The van der Waals surface area contributed by atoms with E-state index in [4.69, 9.17) is 5.11 Å². The summed E-state index contributed by atoms with van der Waals surface area (Å²) in [5, 5.41) is 20.9. The summed E-state index contributed by atoms with van der Waals surface area (Å²) in [7, 11) is -3.66. The molecule has 1 aromatic carbocycles. The van der Waals surface area contributed by atoms with E-state index in [1.807, 2.05) is 0 Å². The first-order chi connectivity index (χ1) is 13.6. The van der Waals surface area contributed by atoms with Crippen LogP contribution in [0.25, 0.3) is 10.9 Å². The quantitative estimate of drug-likeness (QED) is 0.358. The van der Waals surface area contributed by atoms with E-state index in [0.717, 1.165) is 10.9 Å². The van der Waals surface area contributed by atoms with E-state index in [0.29, 0.717) is 5.56 Å². The number of carbonyl (C=O) groups excluding carboxylic acids is 1. The SMILES string of the molecule is CCS(=O)(=O)NC(CC(=O)NC(CCC(=O)O)C(=O)O)c1c[nH]c2ccccc12. The number of carboxylic acid groups (broad SMARTS) is 2. The molecule has 0 spiro atoms. The standard InChI is InChI=1S/C18H23N3O7S/c1-2-29(27,28)21-15(12-10-19-13-6-4-3-5-11(12)13)9-16(22)20-14(18(25)26)7-8-17(23)24/h3-6,10,14-15,19,21H,2,7-9H2,1H3,(H,20,22)(H,23,24)(H,25,26). The third-order valence-corrected chi connectivity index (χ3v) is 5.77. The number of rotatable bonds is 11. The molecule has 1 heterocycles. The van der Waals surface area contributed by atoms with Crippen molar-refractivity contribution in [2.45, 2.75) is 38.3 Å². The van der Waals surface area contributed by atoms with Gasteiger partial charge in [0.1, 0.15) is 6.04 Å². The van der Waals surface area contributed by atoms with E-state index in [1.54, 1.807) is 30.5 Å². The number of carboxylic acids is 2. The molecule has 2 unspecified atom stereocenters. The number of para-hydroxylation sites is 1. The number of hydrogen-bond acceptors (Lipinski definition) is 5. The molecule has 0 bridgehead atoms. The Balaban J connectivity index is 2.24. The Morgan fingerprint density at radius 2 is 1.86 bits per heavy atom. The highest BCUT2D eigenvalue weighted by Gasteiger charge is 2.26. The molecule has 0 aliphatic carbocycles. The van der Waals surface area contributed by atoms with E-state index >= 15 is 0 Å². The van der Waals surface area contributed by atoms with Gasteiger partial charge < -0.3 is 20.5 Å². The molecule has 2 aromatic rings. The lowest BCUT2D eigenvalue weighted by atomic mass is 10.0. The van der Waals surface area contributed by atoms with Crippen LogP contribution in [0.2, 0.25) is 0 Å². The number of sulfonamides is 1. The molecular formula is C18H23N3O7S. The molecular weight excluding hydrogens is 402 g/mol. The third-order valence-electron chi connectivity index (χ3n) is 4.37. The predicted molar refractivity (Wildman–Crippen MR) is 105 cm³/mol. The fourth-order valence-electron chi connectivity index (χ4n) is 2.86. The number of fused-ring (bicyclic) bond motifs is 1. The number of aromatic nitrogens is 1. The van der Waals surface area contributed by atoms with E-state index in [9.17, 15) is 27.9 Å². The normalized spacial score (nSPS) is 13.7. The Hall–Kier alpha value is -2.92. The maximum atomic E-state index is 12.5. The summed E-state index contributed by atoms with van der Waals surface area (Å²) in [6.45, 7) is 1.46. The van der Waals surface area contributed by atoms with Gasteiger partial charge in [0.2, 0.25) is 15.9 Å². The molecule has 5 N–H and O–H groups in total. The zero-order valence-electron chi connectivity index (χ0n) is 15.7. The van der Waals surface area contributed by atoms with Crippen LogP contribution in [0.3, 0.4) is 0 Å². The molecule has 2 atom stereocenters. The number of carbonyl (C=O) groups is 3. The zero-order valence-corrected chi connectivity index (χ0v) is 16.5. The molecule has 10 nitrogen and oxygen atoms in total. The van der Waals surface area contributed by atoms with Gasteiger partial charge in [-0.15, -0.1) is 0 Å². The average Bonchev–Trinajstić information content (AvgIpc) is 3.08. The molecule has 2 rings (SSSR count). The molecule has 0 saturated heterocycles. The van der Waals surface area contributed by atoms with Crippen molar-refractivity contribution in [3.05, 3.63) is 36.0 Å². The van der Waals surface area contributed by atoms with Crippen molar-refractivity contribution in [2.24, 2.45) is 0 Å². The molecule has 0 aliphatic rings. The minimum absolute atomic E-state index is 0.191. The second kappa shape index (κ2) is 9.52. The molecule has 1 aromatic heterocycles. The van der Waals surface area contributed by atoms with Crippen molar-refractivity contribution in [3.63, 3.8) is 0 Å².